The SMILES string of the molecule is Cc1ccc(COC(=O)c2cc(C)c(/N=C/N(C)c3ccccc3)cc2C)cc1. The van der Waals surface area contributed by atoms with Crippen molar-refractivity contribution in [2.75, 3.05) is 11.9 Å². The number of benzene rings is 3. The summed E-state index contributed by atoms with van der Waals surface area (Å²) in [6.07, 6.45) is 1.78. The van der Waals surface area contributed by atoms with E-state index in [1.54, 1.807) is 6.34 Å². The monoisotopic (exact) mass is 386 g/mol. The van der Waals surface area contributed by atoms with Crippen molar-refractivity contribution in [2.45, 2.75) is 27.4 Å². The number of carbonyl (C=O) groups is 1. The Bertz CT molecular complexity index is 1010. The van der Waals surface area contributed by atoms with Gasteiger partial charge in [0.1, 0.15) is 6.61 Å². The van der Waals surface area contributed by atoms with Gasteiger partial charge in [0.2, 0.25) is 0 Å². The maximum atomic E-state index is 12.6. The second-order valence-electron chi connectivity index (χ2n) is 7.21. The maximum absolute atomic E-state index is 12.6. The molecule has 0 aliphatic carbocycles. The molecule has 0 N–H and O–H groups in total. The Morgan fingerprint density at radius 1 is 0.966 bits per heavy atom. The standard InChI is InChI=1S/C25H26N2O2/c1-18-10-12-21(13-11-18)16-29-25(28)23-14-20(3)24(15-19(23)2)26-17-27(4)22-8-6-5-7-9-22/h5-15,17H,16H2,1-4H3/b26-17+. The molecule has 0 aromatic heterocycles. The van der Waals surface area contributed by atoms with Crippen LogP contribution in [0.15, 0.2) is 71.7 Å². The van der Waals surface area contributed by atoms with Gasteiger partial charge in [-0.3, -0.25) is 0 Å². The van der Waals surface area contributed by atoms with E-state index in [4.69, 9.17) is 4.74 Å². The highest BCUT2D eigenvalue weighted by Gasteiger charge is 2.13. The van der Waals surface area contributed by atoms with E-state index in [1.165, 1.54) is 5.56 Å². The van der Waals surface area contributed by atoms with Gasteiger partial charge in [-0.05, 0) is 61.7 Å². The van der Waals surface area contributed by atoms with Crippen LogP contribution in [0.3, 0.4) is 0 Å². The van der Waals surface area contributed by atoms with E-state index < -0.39 is 0 Å². The van der Waals surface area contributed by atoms with Crippen LogP contribution in [0.4, 0.5) is 11.4 Å². The topological polar surface area (TPSA) is 41.9 Å². The number of nitrogens with zero attached hydrogens (tertiary/aromatic N) is 2. The molecule has 0 heterocycles. The molecule has 0 aliphatic heterocycles. The number of hydrogen-bond donors (Lipinski definition) is 0. The van der Waals surface area contributed by atoms with Crippen LogP contribution in [0, 0.1) is 20.8 Å². The Kier molecular flexibility index (Phi) is 6.45. The number of aliphatic imine (C=N–C) groups is 1. The van der Waals surface area contributed by atoms with Crippen LogP contribution in [0.1, 0.15) is 32.6 Å². The molecule has 0 unspecified atom stereocenters. The van der Waals surface area contributed by atoms with Crippen molar-refractivity contribution in [1.29, 1.82) is 0 Å². The van der Waals surface area contributed by atoms with Gasteiger partial charge >= 0.3 is 5.97 Å². The van der Waals surface area contributed by atoms with Gasteiger partial charge in [-0.25, -0.2) is 9.79 Å². The average molecular weight is 386 g/mol. The van der Waals surface area contributed by atoms with E-state index in [-0.39, 0.29) is 12.6 Å². The molecule has 0 saturated carbocycles. The van der Waals surface area contributed by atoms with Crippen molar-refractivity contribution >= 4 is 23.7 Å². The number of para-hydroxylation sites is 1. The third-order valence-electron chi connectivity index (χ3n) is 4.79. The zero-order valence-electron chi connectivity index (χ0n) is 17.3. The van der Waals surface area contributed by atoms with Gasteiger partial charge < -0.3 is 9.64 Å². The molecular weight excluding hydrogens is 360 g/mol. The normalized spacial score (nSPS) is 10.9. The van der Waals surface area contributed by atoms with Crippen LogP contribution in [-0.4, -0.2) is 19.4 Å². The smallest absolute Gasteiger partial charge is 0.338 e. The Morgan fingerprint density at radius 3 is 2.34 bits per heavy atom. The van der Waals surface area contributed by atoms with Crippen molar-refractivity contribution in [3.63, 3.8) is 0 Å². The minimum Gasteiger partial charge on any atom is -0.457 e. The van der Waals surface area contributed by atoms with Crippen molar-refractivity contribution in [1.82, 2.24) is 0 Å². The number of carbonyl (C=O) groups excluding carboxylic acids is 1. The van der Waals surface area contributed by atoms with Gasteiger partial charge in [0, 0.05) is 12.7 Å². The highest BCUT2D eigenvalue weighted by atomic mass is 16.5. The lowest BCUT2D eigenvalue weighted by Gasteiger charge is -2.14. The minimum atomic E-state index is -0.317. The summed E-state index contributed by atoms with van der Waals surface area (Å²) in [6, 6.07) is 21.8. The molecule has 0 spiro atoms. The zero-order valence-corrected chi connectivity index (χ0v) is 17.3. The van der Waals surface area contributed by atoms with Crippen LogP contribution in [-0.2, 0) is 11.3 Å². The van der Waals surface area contributed by atoms with E-state index in [1.807, 2.05) is 99.4 Å². The Labute approximate surface area is 172 Å². The molecule has 0 saturated heterocycles. The van der Waals surface area contributed by atoms with Crippen molar-refractivity contribution in [3.05, 3.63) is 94.5 Å². The molecule has 3 aromatic carbocycles. The molecule has 0 radical (unpaired) electrons. The number of esters is 1. The third-order valence-corrected chi connectivity index (χ3v) is 4.79. The fourth-order valence-electron chi connectivity index (χ4n) is 2.95. The lowest BCUT2D eigenvalue weighted by atomic mass is 10.0. The minimum absolute atomic E-state index is 0.263. The van der Waals surface area contributed by atoms with Gasteiger partial charge in [-0.1, -0.05) is 48.0 Å². The highest BCUT2D eigenvalue weighted by Crippen LogP contribution is 2.24. The lowest BCUT2D eigenvalue weighted by Crippen LogP contribution is -2.13. The molecule has 0 atom stereocenters. The number of aryl methyl sites for hydroxylation is 3. The predicted octanol–water partition coefficient (Wildman–Crippen LogP) is 5.77. The second kappa shape index (κ2) is 9.20. The summed E-state index contributed by atoms with van der Waals surface area (Å²) in [5, 5.41) is 0. The number of hydrogen-bond acceptors (Lipinski definition) is 3. The van der Waals surface area contributed by atoms with E-state index >= 15 is 0 Å². The lowest BCUT2D eigenvalue weighted by molar-refractivity contribution is 0.0472. The van der Waals surface area contributed by atoms with Gasteiger partial charge in [0.05, 0.1) is 17.6 Å². The van der Waals surface area contributed by atoms with Crippen LogP contribution < -0.4 is 4.90 Å². The average Bonchev–Trinajstić information content (AvgIpc) is 2.73. The summed E-state index contributed by atoms with van der Waals surface area (Å²) in [5.74, 6) is -0.317. The first-order chi connectivity index (χ1) is 13.9. The molecule has 148 valence electrons. The molecule has 0 fully saturated rings. The first-order valence-electron chi connectivity index (χ1n) is 9.60. The van der Waals surface area contributed by atoms with Gasteiger partial charge in [-0.2, -0.15) is 0 Å². The highest BCUT2D eigenvalue weighted by molar-refractivity contribution is 5.92. The number of ether oxygens (including phenoxy) is 1. The fraction of sp³-hybridized carbons (Fsp3) is 0.200. The summed E-state index contributed by atoms with van der Waals surface area (Å²) in [6.45, 7) is 6.15. The van der Waals surface area contributed by atoms with E-state index in [0.717, 1.165) is 28.1 Å². The Morgan fingerprint density at radius 2 is 1.66 bits per heavy atom. The first-order valence-corrected chi connectivity index (χ1v) is 9.60. The van der Waals surface area contributed by atoms with E-state index in [2.05, 4.69) is 4.99 Å². The second-order valence-corrected chi connectivity index (χ2v) is 7.21. The number of rotatable bonds is 6. The molecule has 4 heteroatoms. The summed E-state index contributed by atoms with van der Waals surface area (Å²) in [7, 11) is 1.96. The van der Waals surface area contributed by atoms with Crippen LogP contribution in [0.5, 0.6) is 0 Å². The van der Waals surface area contributed by atoms with E-state index in [0.29, 0.717) is 5.56 Å². The van der Waals surface area contributed by atoms with Crippen molar-refractivity contribution in [2.24, 2.45) is 4.99 Å². The number of anilines is 1. The molecular formula is C25H26N2O2. The molecule has 29 heavy (non-hydrogen) atoms. The Balaban J connectivity index is 1.70. The maximum Gasteiger partial charge on any atom is 0.338 e. The van der Waals surface area contributed by atoms with E-state index in [9.17, 15) is 4.79 Å². The van der Waals surface area contributed by atoms with Gasteiger partial charge in [0.15, 0.2) is 0 Å². The molecule has 0 amide bonds. The van der Waals surface area contributed by atoms with Crippen LogP contribution in [0.2, 0.25) is 0 Å². The van der Waals surface area contributed by atoms with Crippen molar-refractivity contribution < 1.29 is 9.53 Å². The molecule has 4 nitrogen and oxygen atoms in total. The quantitative estimate of drug-likeness (QED) is 0.307. The molecule has 0 bridgehead atoms. The van der Waals surface area contributed by atoms with Crippen LogP contribution >= 0.6 is 0 Å². The summed E-state index contributed by atoms with van der Waals surface area (Å²) in [4.78, 5) is 19.1. The summed E-state index contributed by atoms with van der Waals surface area (Å²) >= 11 is 0. The van der Waals surface area contributed by atoms with Gasteiger partial charge in [0.25, 0.3) is 0 Å². The zero-order chi connectivity index (χ0) is 20.8. The largest absolute Gasteiger partial charge is 0.457 e. The van der Waals surface area contributed by atoms with Crippen LogP contribution in [0.25, 0.3) is 0 Å². The van der Waals surface area contributed by atoms with Gasteiger partial charge in [-0.15, -0.1) is 0 Å². The van der Waals surface area contributed by atoms with Crippen molar-refractivity contribution in [3.8, 4) is 0 Å². The summed E-state index contributed by atoms with van der Waals surface area (Å²) < 4.78 is 5.50. The predicted molar refractivity (Wildman–Crippen MR) is 119 cm³/mol. The summed E-state index contributed by atoms with van der Waals surface area (Å²) in [5.41, 5.74) is 6.39. The molecule has 3 rings (SSSR count). The fourth-order valence-corrected chi connectivity index (χ4v) is 2.95. The molecule has 0 aliphatic rings. The Hall–Kier alpha value is -3.40. The third kappa shape index (κ3) is 5.32. The first kappa shape index (κ1) is 20.3. The molecule has 3 aromatic rings.